The van der Waals surface area contributed by atoms with Gasteiger partial charge in [-0.3, -0.25) is 9.89 Å². The summed E-state index contributed by atoms with van der Waals surface area (Å²) in [5, 5.41) is 14.3. The first kappa shape index (κ1) is 14.1. The van der Waals surface area contributed by atoms with E-state index < -0.39 is 5.82 Å². The van der Waals surface area contributed by atoms with Crippen molar-refractivity contribution in [2.45, 2.75) is 12.8 Å². The quantitative estimate of drug-likeness (QED) is 0.751. The largest absolute Gasteiger partial charge is 0.326 e. The molecule has 3 aromatic rings. The molecule has 116 valence electrons. The third-order valence-corrected chi connectivity index (χ3v) is 4.54. The van der Waals surface area contributed by atoms with Crippen molar-refractivity contribution >= 4 is 46.0 Å². The summed E-state index contributed by atoms with van der Waals surface area (Å²) in [6.45, 7) is 0. The number of carbonyl (C=O) groups excluding carboxylic acids is 1. The van der Waals surface area contributed by atoms with Gasteiger partial charge < -0.3 is 5.32 Å². The van der Waals surface area contributed by atoms with E-state index in [0.29, 0.717) is 16.8 Å². The van der Waals surface area contributed by atoms with Crippen molar-refractivity contribution < 1.29 is 9.18 Å². The predicted molar refractivity (Wildman–Crippen MR) is 90.7 cm³/mol. The molecule has 6 heteroatoms. The van der Waals surface area contributed by atoms with Gasteiger partial charge in [0.05, 0.1) is 5.69 Å². The smallest absolute Gasteiger partial charge is 0.227 e. The van der Waals surface area contributed by atoms with Crippen LogP contribution in [0.2, 0.25) is 0 Å². The van der Waals surface area contributed by atoms with Gasteiger partial charge in [0.15, 0.2) is 5.82 Å². The van der Waals surface area contributed by atoms with Gasteiger partial charge in [-0.25, -0.2) is 4.39 Å². The molecule has 4 nitrogen and oxygen atoms in total. The van der Waals surface area contributed by atoms with Crippen molar-refractivity contribution in [3.63, 3.8) is 0 Å². The molecule has 0 spiro atoms. The number of halogens is 1. The van der Waals surface area contributed by atoms with E-state index in [-0.39, 0.29) is 17.3 Å². The maximum Gasteiger partial charge on any atom is 0.227 e. The van der Waals surface area contributed by atoms with Gasteiger partial charge >= 0.3 is 0 Å². The van der Waals surface area contributed by atoms with Gasteiger partial charge in [0, 0.05) is 17.0 Å². The highest BCUT2D eigenvalue weighted by molar-refractivity contribution is 7.08. The maximum absolute atomic E-state index is 14.2. The van der Waals surface area contributed by atoms with Crippen LogP contribution in [0.1, 0.15) is 24.1 Å². The molecule has 2 heterocycles. The van der Waals surface area contributed by atoms with Crippen LogP contribution in [-0.2, 0) is 4.79 Å². The van der Waals surface area contributed by atoms with E-state index in [1.165, 1.54) is 6.07 Å². The number of H-pyrrole nitrogens is 1. The van der Waals surface area contributed by atoms with E-state index in [0.717, 1.165) is 18.4 Å². The molecule has 1 aliphatic carbocycles. The minimum atomic E-state index is -0.444. The van der Waals surface area contributed by atoms with Crippen LogP contribution in [0.3, 0.4) is 0 Å². The molecular formula is C17H14FN3OS. The van der Waals surface area contributed by atoms with Crippen molar-refractivity contribution in [2.75, 3.05) is 5.32 Å². The Labute approximate surface area is 136 Å². The highest BCUT2D eigenvalue weighted by Gasteiger charge is 2.29. The van der Waals surface area contributed by atoms with Crippen LogP contribution in [0.25, 0.3) is 23.1 Å². The summed E-state index contributed by atoms with van der Waals surface area (Å²) < 4.78 is 14.2. The lowest BCUT2D eigenvalue weighted by molar-refractivity contribution is -0.117. The average molecular weight is 327 g/mol. The van der Waals surface area contributed by atoms with E-state index in [1.54, 1.807) is 17.4 Å². The standard InChI is InChI=1S/C17H14FN3OS/c18-14-8-12(19-17(22)11-2-3-11)7-13-15(20-21-16(13)14)4-1-10-5-6-23-9-10/h1,4-9,11H,2-3H2,(H,19,22)(H,20,21). The van der Waals surface area contributed by atoms with Crippen molar-refractivity contribution in [1.29, 1.82) is 0 Å². The second kappa shape index (κ2) is 5.62. The molecule has 4 rings (SSSR count). The molecule has 0 radical (unpaired) electrons. The lowest BCUT2D eigenvalue weighted by Crippen LogP contribution is -2.13. The first-order valence-electron chi connectivity index (χ1n) is 7.39. The van der Waals surface area contributed by atoms with E-state index in [2.05, 4.69) is 15.5 Å². The molecule has 0 unspecified atom stereocenters. The molecule has 2 N–H and O–H groups in total. The summed E-state index contributed by atoms with van der Waals surface area (Å²) in [4.78, 5) is 11.9. The number of aromatic amines is 1. The molecule has 0 atom stereocenters. The number of carbonyl (C=O) groups is 1. The van der Waals surface area contributed by atoms with Crippen LogP contribution >= 0.6 is 11.3 Å². The number of thiophene rings is 1. The predicted octanol–water partition coefficient (Wildman–Crippen LogP) is 4.28. The Balaban J connectivity index is 1.68. The van der Waals surface area contributed by atoms with Crippen LogP contribution < -0.4 is 5.32 Å². The molecule has 1 saturated carbocycles. The fraction of sp³-hybridized carbons (Fsp3) is 0.176. The summed E-state index contributed by atoms with van der Waals surface area (Å²) in [6, 6.07) is 5.08. The number of hydrogen-bond acceptors (Lipinski definition) is 3. The average Bonchev–Trinajstić information content (AvgIpc) is 3.10. The maximum atomic E-state index is 14.2. The fourth-order valence-corrected chi connectivity index (χ4v) is 3.06. The van der Waals surface area contributed by atoms with Gasteiger partial charge in [-0.2, -0.15) is 16.4 Å². The Morgan fingerprint density at radius 1 is 1.39 bits per heavy atom. The Morgan fingerprint density at radius 2 is 2.26 bits per heavy atom. The number of amides is 1. The molecule has 1 fully saturated rings. The summed E-state index contributed by atoms with van der Waals surface area (Å²) in [6.07, 6.45) is 5.63. The lowest BCUT2D eigenvalue weighted by atomic mass is 10.1. The molecule has 0 bridgehead atoms. The van der Waals surface area contributed by atoms with Gasteiger partial charge in [0.1, 0.15) is 5.52 Å². The molecule has 23 heavy (non-hydrogen) atoms. The second-order valence-electron chi connectivity index (χ2n) is 5.65. The topological polar surface area (TPSA) is 57.8 Å². The molecular weight excluding hydrogens is 313 g/mol. The van der Waals surface area contributed by atoms with Crippen molar-refractivity contribution in [3.05, 3.63) is 46.0 Å². The monoisotopic (exact) mass is 327 g/mol. The Hall–Kier alpha value is -2.47. The number of nitrogens with one attached hydrogen (secondary N) is 2. The first-order chi connectivity index (χ1) is 11.2. The molecule has 2 aromatic heterocycles. The van der Waals surface area contributed by atoms with E-state index in [9.17, 15) is 9.18 Å². The molecule has 0 saturated heterocycles. The van der Waals surface area contributed by atoms with Crippen LogP contribution in [0, 0.1) is 11.7 Å². The third-order valence-electron chi connectivity index (χ3n) is 3.84. The fourth-order valence-electron chi connectivity index (χ4n) is 2.43. The highest BCUT2D eigenvalue weighted by atomic mass is 32.1. The number of fused-ring (bicyclic) bond motifs is 1. The van der Waals surface area contributed by atoms with E-state index in [1.807, 2.05) is 29.0 Å². The number of benzene rings is 1. The minimum absolute atomic E-state index is 0.0392. The zero-order valence-corrected chi connectivity index (χ0v) is 13.0. The molecule has 1 aliphatic rings. The van der Waals surface area contributed by atoms with Crippen LogP contribution in [0.15, 0.2) is 29.0 Å². The summed E-state index contributed by atoms with van der Waals surface area (Å²) in [5.74, 6) is -0.404. The summed E-state index contributed by atoms with van der Waals surface area (Å²) >= 11 is 1.62. The number of aromatic nitrogens is 2. The van der Waals surface area contributed by atoms with Gasteiger partial charge in [0.25, 0.3) is 0 Å². The van der Waals surface area contributed by atoms with Gasteiger partial charge in [-0.1, -0.05) is 6.08 Å². The van der Waals surface area contributed by atoms with Crippen LogP contribution in [-0.4, -0.2) is 16.1 Å². The zero-order valence-electron chi connectivity index (χ0n) is 12.2. The Bertz CT molecular complexity index is 894. The normalized spacial score (nSPS) is 14.7. The molecule has 1 aromatic carbocycles. The second-order valence-corrected chi connectivity index (χ2v) is 6.43. The van der Waals surface area contributed by atoms with Crippen molar-refractivity contribution in [3.8, 4) is 0 Å². The number of hydrogen-bond donors (Lipinski definition) is 2. The lowest BCUT2D eigenvalue weighted by Gasteiger charge is -2.05. The Kier molecular flexibility index (Phi) is 3.46. The Morgan fingerprint density at radius 3 is 3.00 bits per heavy atom. The molecule has 0 aliphatic heterocycles. The minimum Gasteiger partial charge on any atom is -0.326 e. The summed E-state index contributed by atoms with van der Waals surface area (Å²) in [5.41, 5.74) is 2.54. The number of nitrogens with zero attached hydrogens (tertiary/aromatic N) is 1. The zero-order chi connectivity index (χ0) is 15.8. The van der Waals surface area contributed by atoms with Crippen molar-refractivity contribution in [1.82, 2.24) is 10.2 Å². The number of rotatable bonds is 4. The summed E-state index contributed by atoms with van der Waals surface area (Å²) in [7, 11) is 0. The van der Waals surface area contributed by atoms with Gasteiger partial charge in [0.2, 0.25) is 5.91 Å². The van der Waals surface area contributed by atoms with Crippen LogP contribution in [0.5, 0.6) is 0 Å². The van der Waals surface area contributed by atoms with Crippen molar-refractivity contribution in [2.24, 2.45) is 5.92 Å². The van der Waals surface area contributed by atoms with E-state index >= 15 is 0 Å². The third kappa shape index (κ3) is 2.90. The van der Waals surface area contributed by atoms with Crippen LogP contribution in [0.4, 0.5) is 10.1 Å². The highest BCUT2D eigenvalue weighted by Crippen LogP contribution is 2.31. The first-order valence-corrected chi connectivity index (χ1v) is 8.34. The van der Waals surface area contributed by atoms with Gasteiger partial charge in [-0.05, 0) is 53.4 Å². The van der Waals surface area contributed by atoms with Gasteiger partial charge in [-0.15, -0.1) is 0 Å². The van der Waals surface area contributed by atoms with E-state index in [4.69, 9.17) is 0 Å². The SMILES string of the molecule is O=C(Nc1cc(F)c2n[nH]c(C=Cc3ccsc3)c2c1)C1CC1. The number of anilines is 1. The molecule has 1 amide bonds.